The lowest BCUT2D eigenvalue weighted by molar-refractivity contribution is -0.385. The SMILES string of the molecule is CCCOc1ccc(NS(=O)(=O)c2ccc(N)cc2)cc1[N+](=O)[O-]. The van der Waals surface area contributed by atoms with Crippen molar-refractivity contribution >= 4 is 27.1 Å². The van der Waals surface area contributed by atoms with Crippen molar-refractivity contribution in [3.8, 4) is 5.75 Å². The molecule has 2 aromatic rings. The molecular weight excluding hydrogens is 334 g/mol. The van der Waals surface area contributed by atoms with E-state index in [1.165, 1.54) is 36.4 Å². The Balaban J connectivity index is 2.30. The van der Waals surface area contributed by atoms with E-state index in [0.29, 0.717) is 18.7 Å². The van der Waals surface area contributed by atoms with Crippen LogP contribution in [0.25, 0.3) is 0 Å². The molecule has 0 saturated carbocycles. The van der Waals surface area contributed by atoms with E-state index >= 15 is 0 Å². The Bertz CT molecular complexity index is 835. The molecule has 0 aliphatic carbocycles. The van der Waals surface area contributed by atoms with E-state index in [-0.39, 0.29) is 22.0 Å². The third kappa shape index (κ3) is 4.13. The van der Waals surface area contributed by atoms with E-state index in [1.807, 2.05) is 6.92 Å². The van der Waals surface area contributed by atoms with Crippen LogP contribution in [-0.4, -0.2) is 19.9 Å². The number of nitro groups is 1. The maximum Gasteiger partial charge on any atom is 0.313 e. The molecule has 8 nitrogen and oxygen atoms in total. The largest absolute Gasteiger partial charge is 0.487 e. The fraction of sp³-hybridized carbons (Fsp3) is 0.200. The van der Waals surface area contributed by atoms with Crippen LogP contribution >= 0.6 is 0 Å². The molecule has 0 radical (unpaired) electrons. The molecule has 0 amide bonds. The van der Waals surface area contributed by atoms with Crippen molar-refractivity contribution in [2.24, 2.45) is 0 Å². The third-order valence-electron chi connectivity index (χ3n) is 3.06. The molecule has 9 heteroatoms. The van der Waals surface area contributed by atoms with Crippen LogP contribution in [0.2, 0.25) is 0 Å². The first-order valence-electron chi connectivity index (χ1n) is 7.13. The fourth-order valence-electron chi connectivity index (χ4n) is 1.92. The summed E-state index contributed by atoms with van der Waals surface area (Å²) in [5, 5.41) is 11.1. The smallest absolute Gasteiger partial charge is 0.313 e. The zero-order valence-electron chi connectivity index (χ0n) is 12.9. The molecular formula is C15H17N3O5S. The number of nitrogens with one attached hydrogen (secondary N) is 1. The highest BCUT2D eigenvalue weighted by Gasteiger charge is 2.19. The topological polar surface area (TPSA) is 125 Å². The zero-order valence-corrected chi connectivity index (χ0v) is 13.7. The van der Waals surface area contributed by atoms with E-state index in [9.17, 15) is 18.5 Å². The molecule has 0 aliphatic rings. The Morgan fingerprint density at radius 3 is 2.46 bits per heavy atom. The van der Waals surface area contributed by atoms with Crippen LogP contribution in [0.5, 0.6) is 5.75 Å². The highest BCUT2D eigenvalue weighted by Crippen LogP contribution is 2.31. The van der Waals surface area contributed by atoms with Crippen LogP contribution in [0, 0.1) is 10.1 Å². The summed E-state index contributed by atoms with van der Waals surface area (Å²) in [7, 11) is -3.87. The van der Waals surface area contributed by atoms with Crippen molar-refractivity contribution in [3.05, 3.63) is 52.6 Å². The van der Waals surface area contributed by atoms with E-state index < -0.39 is 14.9 Å². The Kier molecular flexibility index (Phi) is 5.24. The van der Waals surface area contributed by atoms with Gasteiger partial charge in [0, 0.05) is 11.8 Å². The summed E-state index contributed by atoms with van der Waals surface area (Å²) in [6, 6.07) is 9.52. The number of nitrogens with two attached hydrogens (primary N) is 1. The van der Waals surface area contributed by atoms with Crippen LogP contribution in [-0.2, 0) is 10.0 Å². The third-order valence-corrected chi connectivity index (χ3v) is 4.46. The lowest BCUT2D eigenvalue weighted by Crippen LogP contribution is -2.13. The number of benzene rings is 2. The van der Waals surface area contributed by atoms with Crippen molar-refractivity contribution in [1.29, 1.82) is 0 Å². The molecule has 0 heterocycles. The minimum absolute atomic E-state index is 0.00524. The summed E-state index contributed by atoms with van der Waals surface area (Å²) < 4.78 is 32.2. The molecule has 0 fully saturated rings. The van der Waals surface area contributed by atoms with Gasteiger partial charge in [-0.2, -0.15) is 0 Å². The number of anilines is 2. The molecule has 2 rings (SSSR count). The van der Waals surface area contributed by atoms with Gasteiger partial charge < -0.3 is 10.5 Å². The highest BCUT2D eigenvalue weighted by molar-refractivity contribution is 7.92. The predicted molar refractivity (Wildman–Crippen MR) is 90.5 cm³/mol. The molecule has 0 atom stereocenters. The highest BCUT2D eigenvalue weighted by atomic mass is 32.2. The molecule has 0 aromatic heterocycles. The van der Waals surface area contributed by atoms with Gasteiger partial charge in [0.2, 0.25) is 0 Å². The van der Waals surface area contributed by atoms with Crippen molar-refractivity contribution in [3.63, 3.8) is 0 Å². The van der Waals surface area contributed by atoms with Gasteiger partial charge in [-0.25, -0.2) is 8.42 Å². The van der Waals surface area contributed by atoms with Gasteiger partial charge in [-0.3, -0.25) is 14.8 Å². The molecule has 0 bridgehead atoms. The van der Waals surface area contributed by atoms with Gasteiger partial charge in [-0.1, -0.05) is 6.92 Å². The number of hydrogen-bond donors (Lipinski definition) is 2. The van der Waals surface area contributed by atoms with Gasteiger partial charge in [0.05, 0.1) is 22.1 Å². The quantitative estimate of drug-likeness (QED) is 0.449. The van der Waals surface area contributed by atoms with E-state index in [0.717, 1.165) is 6.07 Å². The van der Waals surface area contributed by atoms with E-state index in [1.54, 1.807) is 0 Å². The predicted octanol–water partition coefficient (Wildman–Crippen LogP) is 2.77. The molecule has 2 aromatic carbocycles. The average Bonchev–Trinajstić information content (AvgIpc) is 2.53. The minimum Gasteiger partial charge on any atom is -0.487 e. The zero-order chi connectivity index (χ0) is 17.7. The summed E-state index contributed by atoms with van der Waals surface area (Å²) in [5.74, 6) is 0.0947. The van der Waals surface area contributed by atoms with Crippen molar-refractivity contribution in [2.75, 3.05) is 17.1 Å². The van der Waals surface area contributed by atoms with Crippen molar-refractivity contribution in [1.82, 2.24) is 0 Å². The van der Waals surface area contributed by atoms with Gasteiger partial charge in [0.1, 0.15) is 0 Å². The van der Waals surface area contributed by atoms with Gasteiger partial charge in [-0.05, 0) is 42.8 Å². The number of ether oxygens (including phenoxy) is 1. The van der Waals surface area contributed by atoms with Gasteiger partial charge >= 0.3 is 5.69 Å². The Morgan fingerprint density at radius 1 is 1.21 bits per heavy atom. The first-order chi connectivity index (χ1) is 11.3. The first-order valence-corrected chi connectivity index (χ1v) is 8.61. The van der Waals surface area contributed by atoms with Crippen LogP contribution in [0.1, 0.15) is 13.3 Å². The molecule has 0 aliphatic heterocycles. The maximum absolute atomic E-state index is 12.3. The molecule has 3 N–H and O–H groups in total. The second-order valence-electron chi connectivity index (χ2n) is 4.96. The van der Waals surface area contributed by atoms with Gasteiger partial charge in [0.15, 0.2) is 5.75 Å². The summed E-state index contributed by atoms with van der Waals surface area (Å²) in [5.41, 5.74) is 5.73. The number of rotatable bonds is 7. The van der Waals surface area contributed by atoms with Crippen LogP contribution in [0.15, 0.2) is 47.4 Å². The lowest BCUT2D eigenvalue weighted by Gasteiger charge is -2.10. The first kappa shape index (κ1) is 17.5. The summed E-state index contributed by atoms with van der Waals surface area (Å²) in [6.45, 7) is 2.21. The second-order valence-corrected chi connectivity index (χ2v) is 6.65. The molecule has 24 heavy (non-hydrogen) atoms. The number of nitrogen functional groups attached to an aromatic ring is 1. The minimum atomic E-state index is -3.87. The van der Waals surface area contributed by atoms with Crippen LogP contribution in [0.4, 0.5) is 17.1 Å². The summed E-state index contributed by atoms with van der Waals surface area (Å²) in [4.78, 5) is 10.5. The van der Waals surface area contributed by atoms with Crippen LogP contribution in [0.3, 0.4) is 0 Å². The Morgan fingerprint density at radius 2 is 1.88 bits per heavy atom. The molecule has 0 unspecified atom stereocenters. The van der Waals surface area contributed by atoms with Crippen molar-refractivity contribution < 1.29 is 18.1 Å². The number of nitro benzene ring substituents is 1. The average molecular weight is 351 g/mol. The monoisotopic (exact) mass is 351 g/mol. The molecule has 0 saturated heterocycles. The fourth-order valence-corrected chi connectivity index (χ4v) is 2.97. The normalized spacial score (nSPS) is 11.0. The van der Waals surface area contributed by atoms with E-state index in [4.69, 9.17) is 10.5 Å². The van der Waals surface area contributed by atoms with Crippen LogP contribution < -0.4 is 15.2 Å². The second kappa shape index (κ2) is 7.18. The number of nitrogens with zero attached hydrogens (tertiary/aromatic N) is 1. The summed E-state index contributed by atoms with van der Waals surface area (Å²) >= 11 is 0. The number of hydrogen-bond acceptors (Lipinski definition) is 6. The number of sulfonamides is 1. The molecule has 0 spiro atoms. The van der Waals surface area contributed by atoms with E-state index in [2.05, 4.69) is 4.72 Å². The van der Waals surface area contributed by atoms with Gasteiger partial charge in [-0.15, -0.1) is 0 Å². The molecule has 128 valence electrons. The summed E-state index contributed by atoms with van der Waals surface area (Å²) in [6.07, 6.45) is 0.697. The standard InChI is InChI=1S/C15H17N3O5S/c1-2-9-23-15-8-5-12(10-14(15)18(19)20)17-24(21,22)13-6-3-11(16)4-7-13/h3-8,10,17H,2,9,16H2,1H3. The van der Waals surface area contributed by atoms with Crippen molar-refractivity contribution in [2.45, 2.75) is 18.2 Å². The Hall–Kier alpha value is -2.81. The lowest BCUT2D eigenvalue weighted by atomic mass is 10.2. The van der Waals surface area contributed by atoms with Gasteiger partial charge in [0.25, 0.3) is 10.0 Å². The maximum atomic E-state index is 12.3. The Labute approximate surface area is 139 Å².